The van der Waals surface area contributed by atoms with Crippen LogP contribution in [0.15, 0.2) is 35.4 Å². The summed E-state index contributed by atoms with van der Waals surface area (Å²) >= 11 is 0. The van der Waals surface area contributed by atoms with Gasteiger partial charge in [0.15, 0.2) is 0 Å². The zero-order chi connectivity index (χ0) is 11.8. The molecule has 0 bridgehead atoms. The summed E-state index contributed by atoms with van der Waals surface area (Å²) in [6.45, 7) is -0.486. The van der Waals surface area contributed by atoms with E-state index in [0.29, 0.717) is 5.56 Å². The zero-order valence-corrected chi connectivity index (χ0v) is 8.48. The van der Waals surface area contributed by atoms with Crippen LogP contribution in [0.2, 0.25) is 0 Å². The Labute approximate surface area is 92.1 Å². The second-order valence-corrected chi connectivity index (χ2v) is 3.01. The first-order chi connectivity index (χ1) is 7.77. The SMILES string of the molecule is [N-]=[N+]=NC(CO)COC(=O)c1ccccc1. The zero-order valence-electron chi connectivity index (χ0n) is 8.48. The van der Waals surface area contributed by atoms with Crippen molar-refractivity contribution in [2.24, 2.45) is 5.11 Å². The van der Waals surface area contributed by atoms with Crippen molar-refractivity contribution in [3.05, 3.63) is 46.3 Å². The van der Waals surface area contributed by atoms with Gasteiger partial charge in [-0.3, -0.25) is 0 Å². The van der Waals surface area contributed by atoms with E-state index in [1.807, 2.05) is 0 Å². The Morgan fingerprint density at radius 3 is 2.75 bits per heavy atom. The van der Waals surface area contributed by atoms with E-state index >= 15 is 0 Å². The molecule has 0 aliphatic carbocycles. The van der Waals surface area contributed by atoms with Gasteiger partial charge in [0.25, 0.3) is 0 Å². The maximum absolute atomic E-state index is 11.4. The van der Waals surface area contributed by atoms with Crippen molar-refractivity contribution >= 4 is 5.97 Å². The lowest BCUT2D eigenvalue weighted by Gasteiger charge is -2.08. The van der Waals surface area contributed by atoms with Crippen LogP contribution in [0.5, 0.6) is 0 Å². The van der Waals surface area contributed by atoms with Crippen molar-refractivity contribution < 1.29 is 14.6 Å². The molecule has 0 aliphatic heterocycles. The van der Waals surface area contributed by atoms with Gasteiger partial charge in [-0.25, -0.2) is 4.79 Å². The number of nitrogens with zero attached hydrogens (tertiary/aromatic N) is 3. The van der Waals surface area contributed by atoms with Crippen LogP contribution in [-0.4, -0.2) is 30.3 Å². The van der Waals surface area contributed by atoms with Crippen LogP contribution in [0.25, 0.3) is 10.4 Å². The smallest absolute Gasteiger partial charge is 0.338 e. The van der Waals surface area contributed by atoms with Gasteiger partial charge in [0, 0.05) is 4.91 Å². The maximum atomic E-state index is 11.4. The Kier molecular flexibility index (Phi) is 4.85. The van der Waals surface area contributed by atoms with E-state index in [1.165, 1.54) is 0 Å². The van der Waals surface area contributed by atoms with Crippen LogP contribution in [0.1, 0.15) is 10.4 Å². The molecule has 16 heavy (non-hydrogen) atoms. The highest BCUT2D eigenvalue weighted by Crippen LogP contribution is 2.02. The molecule has 0 aromatic heterocycles. The van der Waals surface area contributed by atoms with Crippen molar-refractivity contribution in [3.63, 3.8) is 0 Å². The number of azide groups is 1. The van der Waals surface area contributed by atoms with Crippen molar-refractivity contribution in [1.82, 2.24) is 0 Å². The van der Waals surface area contributed by atoms with Crippen LogP contribution in [0, 0.1) is 0 Å². The molecule has 1 aromatic rings. The Bertz CT molecular complexity index is 388. The molecule has 0 radical (unpaired) electrons. The third-order valence-corrected chi connectivity index (χ3v) is 1.84. The van der Waals surface area contributed by atoms with Crippen molar-refractivity contribution in [3.8, 4) is 0 Å². The third-order valence-electron chi connectivity index (χ3n) is 1.84. The largest absolute Gasteiger partial charge is 0.462 e. The van der Waals surface area contributed by atoms with E-state index in [0.717, 1.165) is 0 Å². The topological polar surface area (TPSA) is 95.3 Å². The van der Waals surface area contributed by atoms with E-state index in [-0.39, 0.29) is 13.2 Å². The van der Waals surface area contributed by atoms with E-state index in [2.05, 4.69) is 10.0 Å². The summed E-state index contributed by atoms with van der Waals surface area (Å²) in [6.07, 6.45) is 0. The molecule has 0 aliphatic rings. The molecule has 0 spiro atoms. The number of esters is 1. The van der Waals surface area contributed by atoms with E-state index in [1.54, 1.807) is 30.3 Å². The Hall–Kier alpha value is -2.04. The molecular weight excluding hydrogens is 210 g/mol. The second kappa shape index (κ2) is 6.44. The standard InChI is InChI=1S/C10H11N3O3/c11-13-12-9(6-14)7-16-10(15)8-4-2-1-3-5-8/h1-5,9,14H,6-7H2. The van der Waals surface area contributed by atoms with E-state index in [9.17, 15) is 4.79 Å². The van der Waals surface area contributed by atoms with Gasteiger partial charge in [-0.1, -0.05) is 23.3 Å². The molecule has 0 saturated carbocycles. The number of carbonyl (C=O) groups excluding carboxylic acids is 1. The fraction of sp³-hybridized carbons (Fsp3) is 0.300. The molecule has 1 unspecified atom stereocenters. The van der Waals surface area contributed by atoms with Crippen molar-refractivity contribution in [1.29, 1.82) is 0 Å². The van der Waals surface area contributed by atoms with Gasteiger partial charge in [0.1, 0.15) is 6.61 Å². The minimum Gasteiger partial charge on any atom is -0.462 e. The van der Waals surface area contributed by atoms with Crippen LogP contribution in [-0.2, 0) is 4.74 Å². The fourth-order valence-electron chi connectivity index (χ4n) is 1.03. The number of benzene rings is 1. The number of aliphatic hydroxyl groups excluding tert-OH is 1. The van der Waals surface area contributed by atoms with Gasteiger partial charge in [-0.2, -0.15) is 0 Å². The Balaban J connectivity index is 2.50. The number of hydrogen-bond donors (Lipinski definition) is 1. The summed E-state index contributed by atoms with van der Waals surface area (Å²) in [7, 11) is 0. The molecule has 0 saturated heterocycles. The number of carbonyl (C=O) groups is 1. The fourth-order valence-corrected chi connectivity index (χ4v) is 1.03. The minimum absolute atomic E-state index is 0.131. The third kappa shape index (κ3) is 3.61. The molecule has 1 aromatic carbocycles. The summed E-state index contributed by atoms with van der Waals surface area (Å²) in [4.78, 5) is 14.0. The van der Waals surface area contributed by atoms with Gasteiger partial charge in [0.05, 0.1) is 18.2 Å². The molecule has 6 heteroatoms. The van der Waals surface area contributed by atoms with Crippen molar-refractivity contribution in [2.75, 3.05) is 13.2 Å². The quantitative estimate of drug-likeness (QED) is 0.353. The lowest BCUT2D eigenvalue weighted by atomic mass is 10.2. The first-order valence-corrected chi connectivity index (χ1v) is 4.65. The lowest BCUT2D eigenvalue weighted by molar-refractivity contribution is 0.0454. The Morgan fingerprint density at radius 1 is 1.50 bits per heavy atom. The van der Waals surface area contributed by atoms with E-state index < -0.39 is 12.0 Å². The average Bonchev–Trinajstić information content (AvgIpc) is 2.35. The van der Waals surface area contributed by atoms with Crippen molar-refractivity contribution in [2.45, 2.75) is 6.04 Å². The van der Waals surface area contributed by atoms with Gasteiger partial charge in [-0.05, 0) is 17.7 Å². The summed E-state index contributed by atoms with van der Waals surface area (Å²) in [6, 6.07) is 7.71. The molecule has 1 atom stereocenters. The maximum Gasteiger partial charge on any atom is 0.338 e. The van der Waals surface area contributed by atoms with Crippen LogP contribution in [0.4, 0.5) is 0 Å². The normalized spacial score (nSPS) is 11.3. The first-order valence-electron chi connectivity index (χ1n) is 4.65. The number of aliphatic hydroxyl groups is 1. The average molecular weight is 221 g/mol. The molecule has 6 nitrogen and oxygen atoms in total. The highest BCUT2D eigenvalue weighted by atomic mass is 16.5. The van der Waals surface area contributed by atoms with Crippen LogP contribution in [0.3, 0.4) is 0 Å². The highest BCUT2D eigenvalue weighted by Gasteiger charge is 2.10. The van der Waals surface area contributed by atoms with Gasteiger partial charge < -0.3 is 9.84 Å². The van der Waals surface area contributed by atoms with Gasteiger partial charge in [0.2, 0.25) is 0 Å². The molecule has 0 heterocycles. The first kappa shape index (κ1) is 12.0. The van der Waals surface area contributed by atoms with Crippen LogP contribution >= 0.6 is 0 Å². The predicted octanol–water partition coefficient (Wildman–Crippen LogP) is 1.51. The lowest BCUT2D eigenvalue weighted by Crippen LogP contribution is -2.20. The Morgan fingerprint density at radius 2 is 2.19 bits per heavy atom. The molecule has 1 N–H and O–H groups in total. The minimum atomic E-state index is -0.738. The summed E-state index contributed by atoms with van der Waals surface area (Å²) in [5.74, 6) is -0.507. The second-order valence-electron chi connectivity index (χ2n) is 3.01. The van der Waals surface area contributed by atoms with E-state index in [4.69, 9.17) is 15.4 Å². The summed E-state index contributed by atoms with van der Waals surface area (Å²) in [5, 5.41) is 12.0. The number of ether oxygens (including phenoxy) is 1. The number of hydrogen-bond acceptors (Lipinski definition) is 4. The van der Waals surface area contributed by atoms with Gasteiger partial charge in [-0.15, -0.1) is 0 Å². The number of rotatable bonds is 5. The van der Waals surface area contributed by atoms with Gasteiger partial charge >= 0.3 is 5.97 Å². The van der Waals surface area contributed by atoms with Crippen LogP contribution < -0.4 is 0 Å². The molecule has 0 fully saturated rings. The predicted molar refractivity (Wildman–Crippen MR) is 56.7 cm³/mol. The molecule has 84 valence electrons. The monoisotopic (exact) mass is 221 g/mol. The summed E-state index contributed by atoms with van der Waals surface area (Å²) < 4.78 is 4.87. The highest BCUT2D eigenvalue weighted by molar-refractivity contribution is 5.89. The summed E-state index contributed by atoms with van der Waals surface area (Å²) in [5.41, 5.74) is 8.57. The molecular formula is C10H11N3O3. The molecule has 1 rings (SSSR count). The molecule has 0 amide bonds.